The molecule has 0 heterocycles. The smallest absolute Gasteiger partial charge is 0.387 e. The van der Waals surface area contributed by atoms with Crippen LogP contribution in [0.15, 0.2) is 0 Å². The molecule has 0 amide bonds. The van der Waals surface area contributed by atoms with Gasteiger partial charge in [0.05, 0.1) is 6.54 Å². The largest absolute Gasteiger partial charge is 0.399 e. The van der Waals surface area contributed by atoms with Gasteiger partial charge in [-0.05, 0) is 7.05 Å². The van der Waals surface area contributed by atoms with Crippen molar-refractivity contribution in [3.8, 4) is 0 Å². The summed E-state index contributed by atoms with van der Waals surface area (Å²) >= 11 is 0. The molecule has 15 heavy (non-hydrogen) atoms. The van der Waals surface area contributed by atoms with Crippen LogP contribution in [-0.2, 0) is 0 Å². The van der Waals surface area contributed by atoms with Gasteiger partial charge in [0.15, 0.2) is 0 Å². The van der Waals surface area contributed by atoms with Crippen LogP contribution < -0.4 is 5.73 Å². The van der Waals surface area contributed by atoms with E-state index in [0.29, 0.717) is 0 Å². The lowest BCUT2D eigenvalue weighted by atomic mass is 10.1. The van der Waals surface area contributed by atoms with E-state index in [-0.39, 0.29) is 0 Å². The summed E-state index contributed by atoms with van der Waals surface area (Å²) < 4.78 is 60.4. The molecule has 0 aliphatic rings. The van der Waals surface area contributed by atoms with E-state index >= 15 is 0 Å². The molecule has 1 atom stereocenters. The van der Waals surface area contributed by atoms with Crippen LogP contribution in [0.25, 0.3) is 0 Å². The molecular weight excluding hydrogens is 221 g/mol. The van der Waals surface area contributed by atoms with Gasteiger partial charge in [-0.1, -0.05) is 0 Å². The van der Waals surface area contributed by atoms with Gasteiger partial charge in [0.2, 0.25) is 0 Å². The predicted octanol–water partition coefficient (Wildman–Crippen LogP) is 1.30. The zero-order chi connectivity index (χ0) is 12.2. The third kappa shape index (κ3) is 5.50. The Bertz CT molecular complexity index is 215. The second-order valence-corrected chi connectivity index (χ2v) is 3.16. The van der Waals surface area contributed by atoms with E-state index in [2.05, 4.69) is 0 Å². The van der Waals surface area contributed by atoms with Crippen LogP contribution in [0.3, 0.4) is 0 Å². The van der Waals surface area contributed by atoms with Crippen LogP contribution >= 0.6 is 0 Å². The summed E-state index contributed by atoms with van der Waals surface area (Å²) in [5.74, 6) is -3.26. The molecule has 0 aromatic carbocycles. The van der Waals surface area contributed by atoms with E-state index in [1.165, 1.54) is 0 Å². The highest BCUT2D eigenvalue weighted by Crippen LogP contribution is 2.26. The molecule has 8 heteroatoms. The van der Waals surface area contributed by atoms with Gasteiger partial charge in [-0.25, -0.2) is 8.78 Å². The van der Waals surface area contributed by atoms with Gasteiger partial charge in [0.1, 0.15) is 11.8 Å². The average Bonchev–Trinajstić information content (AvgIpc) is 1.95. The van der Waals surface area contributed by atoms with Gasteiger partial charge >= 0.3 is 6.18 Å². The Balaban J connectivity index is 4.37. The summed E-state index contributed by atoms with van der Waals surface area (Å²) in [6.07, 6.45) is -7.39. The van der Waals surface area contributed by atoms with Gasteiger partial charge in [0.25, 0.3) is 6.43 Å². The van der Waals surface area contributed by atoms with Gasteiger partial charge in [0, 0.05) is 6.54 Å². The van der Waals surface area contributed by atoms with E-state index in [1.807, 2.05) is 0 Å². The highest BCUT2D eigenvalue weighted by molar-refractivity contribution is 5.80. The summed E-state index contributed by atoms with van der Waals surface area (Å²) in [7, 11) is 1.12. The highest BCUT2D eigenvalue weighted by Gasteiger charge is 2.42. The van der Waals surface area contributed by atoms with Crippen molar-refractivity contribution in [2.45, 2.75) is 12.6 Å². The minimum atomic E-state index is -4.68. The second-order valence-electron chi connectivity index (χ2n) is 3.16. The molecule has 0 aromatic heterocycles. The molecule has 3 nitrogen and oxygen atoms in total. The number of amidine groups is 1. The van der Waals surface area contributed by atoms with Crippen molar-refractivity contribution < 1.29 is 22.0 Å². The maximum atomic E-state index is 12.2. The van der Waals surface area contributed by atoms with Crippen molar-refractivity contribution in [3.05, 3.63) is 0 Å². The summed E-state index contributed by atoms with van der Waals surface area (Å²) in [5.41, 5.74) is 4.75. The Labute approximate surface area is 83.5 Å². The summed E-state index contributed by atoms with van der Waals surface area (Å²) in [4.78, 5) is 0.796. The molecular formula is C7H12F5N3. The van der Waals surface area contributed by atoms with Crippen molar-refractivity contribution in [2.75, 3.05) is 20.1 Å². The highest BCUT2D eigenvalue weighted by atomic mass is 19.4. The second kappa shape index (κ2) is 5.24. The SMILES string of the molecule is CN(CC(F)F)CC(C(=N)N)C(F)(F)F. The van der Waals surface area contributed by atoms with Gasteiger partial charge in [-0.2, -0.15) is 13.2 Å². The van der Waals surface area contributed by atoms with Gasteiger partial charge in [-0.15, -0.1) is 0 Å². The Morgan fingerprint density at radius 2 is 1.80 bits per heavy atom. The Morgan fingerprint density at radius 1 is 1.33 bits per heavy atom. The summed E-state index contributed by atoms with van der Waals surface area (Å²) in [6.45, 7) is -1.51. The van der Waals surface area contributed by atoms with Crippen LogP contribution in [0.2, 0.25) is 0 Å². The minimum Gasteiger partial charge on any atom is -0.387 e. The number of hydrogen-bond donors (Lipinski definition) is 2. The van der Waals surface area contributed by atoms with Crippen LogP contribution in [0, 0.1) is 11.3 Å². The molecule has 0 spiro atoms. The fourth-order valence-corrected chi connectivity index (χ4v) is 1.000. The maximum absolute atomic E-state index is 12.2. The van der Waals surface area contributed by atoms with Crippen LogP contribution in [-0.4, -0.2) is 43.5 Å². The van der Waals surface area contributed by atoms with E-state index < -0.39 is 37.4 Å². The van der Waals surface area contributed by atoms with Crippen LogP contribution in [0.4, 0.5) is 22.0 Å². The van der Waals surface area contributed by atoms with Crippen molar-refractivity contribution in [1.82, 2.24) is 4.90 Å². The fraction of sp³-hybridized carbons (Fsp3) is 0.857. The first-order chi connectivity index (χ1) is 6.64. The molecule has 0 saturated heterocycles. The zero-order valence-electron chi connectivity index (χ0n) is 7.98. The third-order valence-electron chi connectivity index (χ3n) is 1.71. The molecule has 90 valence electrons. The third-order valence-corrected chi connectivity index (χ3v) is 1.71. The monoisotopic (exact) mass is 233 g/mol. The predicted molar refractivity (Wildman–Crippen MR) is 45.0 cm³/mol. The van der Waals surface area contributed by atoms with Crippen LogP contribution in [0.1, 0.15) is 0 Å². The Morgan fingerprint density at radius 3 is 2.07 bits per heavy atom. The van der Waals surface area contributed by atoms with Gasteiger partial charge < -0.3 is 5.73 Å². The first kappa shape index (κ1) is 14.1. The number of nitrogens with zero attached hydrogens (tertiary/aromatic N) is 1. The fourth-order valence-electron chi connectivity index (χ4n) is 1.000. The first-order valence-electron chi connectivity index (χ1n) is 4.02. The van der Waals surface area contributed by atoms with Gasteiger partial charge in [-0.3, -0.25) is 10.3 Å². The number of alkyl halides is 5. The lowest BCUT2D eigenvalue weighted by molar-refractivity contribution is -0.160. The minimum absolute atomic E-state index is 0.733. The van der Waals surface area contributed by atoms with E-state index in [1.54, 1.807) is 0 Å². The first-order valence-corrected chi connectivity index (χ1v) is 4.02. The zero-order valence-corrected chi connectivity index (χ0v) is 7.98. The molecule has 0 aliphatic heterocycles. The van der Waals surface area contributed by atoms with Crippen molar-refractivity contribution in [1.29, 1.82) is 5.41 Å². The number of nitrogens with one attached hydrogen (secondary N) is 1. The lowest BCUT2D eigenvalue weighted by Gasteiger charge is -2.24. The van der Waals surface area contributed by atoms with E-state index in [0.717, 1.165) is 11.9 Å². The average molecular weight is 233 g/mol. The number of hydrogen-bond acceptors (Lipinski definition) is 2. The van der Waals surface area contributed by atoms with E-state index in [4.69, 9.17) is 11.1 Å². The topological polar surface area (TPSA) is 53.1 Å². The number of rotatable bonds is 5. The quantitative estimate of drug-likeness (QED) is 0.427. The van der Waals surface area contributed by atoms with Crippen molar-refractivity contribution in [3.63, 3.8) is 0 Å². The molecule has 0 aliphatic carbocycles. The summed E-state index contributed by atoms with van der Waals surface area (Å²) in [6, 6.07) is 0. The molecule has 0 fully saturated rings. The summed E-state index contributed by atoms with van der Waals surface area (Å²) in [5, 5.41) is 6.73. The molecule has 0 saturated carbocycles. The Hall–Kier alpha value is -0.920. The molecule has 0 rings (SSSR count). The van der Waals surface area contributed by atoms with E-state index in [9.17, 15) is 22.0 Å². The molecule has 1 unspecified atom stereocenters. The molecule has 0 aromatic rings. The maximum Gasteiger partial charge on any atom is 0.399 e. The molecule has 0 bridgehead atoms. The number of halogens is 5. The molecule has 0 radical (unpaired) electrons. The van der Waals surface area contributed by atoms with Crippen molar-refractivity contribution in [2.24, 2.45) is 11.7 Å². The van der Waals surface area contributed by atoms with Crippen LogP contribution in [0.5, 0.6) is 0 Å². The lowest BCUT2D eigenvalue weighted by Crippen LogP contribution is -2.43. The number of nitrogens with two attached hydrogens (primary N) is 1. The van der Waals surface area contributed by atoms with Crippen molar-refractivity contribution >= 4 is 5.84 Å². The molecule has 3 N–H and O–H groups in total. The normalized spacial score (nSPS) is 14.7. The Kier molecular flexibility index (Phi) is 4.92. The standard InChI is InChI=1S/C7H12F5N3/c1-15(3-5(8)9)2-4(6(13)14)7(10,11)12/h4-5H,2-3H2,1H3,(H3,13,14).